The van der Waals surface area contributed by atoms with E-state index in [-0.39, 0.29) is 46.4 Å². The molecule has 0 spiro atoms. The van der Waals surface area contributed by atoms with Crippen molar-refractivity contribution in [3.63, 3.8) is 0 Å². The van der Waals surface area contributed by atoms with Gasteiger partial charge in [-0.2, -0.15) is 0 Å². The fraction of sp³-hybridized carbons (Fsp3) is 0.108. The zero-order valence-electron chi connectivity index (χ0n) is 54.6. The second-order valence-electron chi connectivity index (χ2n) is 23.3. The van der Waals surface area contributed by atoms with Crippen LogP contribution in [0, 0.1) is 0 Å². The van der Waals surface area contributed by atoms with Crippen LogP contribution in [0.2, 0.25) is 0 Å². The number of benzene rings is 11. The Bertz CT molecular complexity index is 5620. The number of fused-ring (bicyclic) bond motifs is 18. The maximum atomic E-state index is 9.63. The fourth-order valence-electron chi connectivity index (χ4n) is 13.5. The van der Waals surface area contributed by atoms with Crippen LogP contribution in [0.5, 0.6) is 0 Å². The lowest BCUT2D eigenvalue weighted by atomic mass is 9.85. The van der Waals surface area contributed by atoms with Crippen LogP contribution in [0.1, 0.15) is 66.4 Å². The quantitative estimate of drug-likeness (QED) is 0.166. The van der Waals surface area contributed by atoms with Gasteiger partial charge in [-0.05, 0) is 94.7 Å². The Labute approximate surface area is 475 Å². The minimum absolute atomic E-state index is 0.0137. The van der Waals surface area contributed by atoms with Crippen molar-refractivity contribution in [1.29, 1.82) is 0 Å². The summed E-state index contributed by atoms with van der Waals surface area (Å²) in [5.41, 5.74) is 11.5. The molecule has 0 amide bonds. The Morgan fingerprint density at radius 1 is 0.350 bits per heavy atom. The third-order valence-corrected chi connectivity index (χ3v) is 16.8. The van der Waals surface area contributed by atoms with Gasteiger partial charge in [-0.25, -0.2) is 0 Å². The molecule has 17 aromatic rings. The van der Waals surface area contributed by atoms with Gasteiger partial charge in [0.15, 0.2) is 11.2 Å². The molecule has 0 aliphatic heterocycles. The molecule has 6 aromatic heterocycles. The van der Waals surface area contributed by atoms with Crippen molar-refractivity contribution in [1.82, 2.24) is 8.80 Å². The minimum Gasteiger partial charge on any atom is -0.454 e. The lowest BCUT2D eigenvalue weighted by Crippen LogP contribution is -2.12. The molecule has 80 heavy (non-hydrogen) atoms. The first kappa shape index (κ1) is 36.3. The van der Waals surface area contributed by atoms with Crippen LogP contribution in [-0.4, -0.2) is 8.80 Å². The van der Waals surface area contributed by atoms with Crippen molar-refractivity contribution in [2.75, 3.05) is 9.80 Å². The van der Waals surface area contributed by atoms with Gasteiger partial charge >= 0.3 is 0 Å². The van der Waals surface area contributed by atoms with Crippen molar-refractivity contribution in [2.45, 2.75) is 52.4 Å². The highest BCUT2D eigenvalue weighted by atomic mass is 16.3. The smallest absolute Gasteiger partial charge is 0.159 e. The van der Waals surface area contributed by atoms with Crippen LogP contribution >= 0.6 is 0 Å². The highest BCUT2D eigenvalue weighted by Crippen LogP contribution is 2.54. The normalized spacial score (nSPS) is 14.6. The molecule has 0 bridgehead atoms. The zero-order chi connectivity index (χ0) is 62.2. The fourth-order valence-corrected chi connectivity index (χ4v) is 13.5. The van der Waals surface area contributed by atoms with Gasteiger partial charge in [0, 0.05) is 76.0 Å². The van der Waals surface area contributed by atoms with E-state index in [1.165, 1.54) is 0 Å². The Morgan fingerprint density at radius 3 is 1.16 bits per heavy atom. The summed E-state index contributed by atoms with van der Waals surface area (Å²) < 4.78 is 111. The molecule has 0 saturated carbocycles. The number of aromatic nitrogens is 2. The average molecular weight is 1040 g/mol. The molecule has 0 aliphatic carbocycles. The summed E-state index contributed by atoms with van der Waals surface area (Å²) in [5, 5.41) is 10.7. The van der Waals surface area contributed by atoms with E-state index in [2.05, 4.69) is 111 Å². The van der Waals surface area contributed by atoms with Gasteiger partial charge in [-0.1, -0.05) is 187 Å². The van der Waals surface area contributed by atoms with Gasteiger partial charge in [0.05, 0.1) is 69.6 Å². The van der Waals surface area contributed by atoms with E-state index in [1.807, 2.05) is 107 Å². The van der Waals surface area contributed by atoms with Gasteiger partial charge in [0.1, 0.15) is 11.2 Å². The number of anilines is 6. The van der Waals surface area contributed by atoms with Crippen molar-refractivity contribution < 1.29 is 22.5 Å². The second kappa shape index (κ2) is 15.9. The third-order valence-electron chi connectivity index (χ3n) is 16.8. The van der Waals surface area contributed by atoms with Crippen LogP contribution in [0.15, 0.2) is 227 Å². The van der Waals surface area contributed by atoms with Gasteiger partial charge in [0.2, 0.25) is 0 Å². The molecule has 382 valence electrons. The molecule has 0 saturated heterocycles. The van der Waals surface area contributed by atoms with E-state index in [0.29, 0.717) is 45.1 Å². The number of nitrogens with zero attached hydrogens (tertiary/aromatic N) is 4. The van der Waals surface area contributed by atoms with Crippen molar-refractivity contribution in [3.8, 4) is 0 Å². The standard InChI is InChI=1S/C74H54N4O2/c1-73(2,3)55-31-17-29-51-65-57(75(43-21-9-7-10-22-43)59-33-19-27-49-45-25-13-15-35-63(45)79-71(49)59)39-37-47-53-42-62-54(41-61(53)77(67(51)55)69(47)65)48-38-40-58(66-52-30-18-32-56(74(4,5)6)68(52)78(62)70(48)66)76(44-23-11-8-12-24-44)60-34-20-28-50-46-26-14-16-36-64(46)80-72(50)60/h7-42H,1-6H3/i7D,8D,9D,10D,11D,12D,21D,22D,23D,24D. The van der Waals surface area contributed by atoms with E-state index in [4.69, 9.17) is 17.1 Å². The summed E-state index contributed by atoms with van der Waals surface area (Å²) in [6, 6.07) is 48.5. The molecule has 6 heterocycles. The lowest BCUT2D eigenvalue weighted by Gasteiger charge is -2.26. The molecule has 0 unspecified atom stereocenters. The first-order valence-electron chi connectivity index (χ1n) is 32.1. The summed E-state index contributed by atoms with van der Waals surface area (Å²) in [6.07, 6.45) is 0. The van der Waals surface area contributed by atoms with E-state index in [1.54, 1.807) is 0 Å². The Morgan fingerprint density at radius 2 is 0.738 bits per heavy atom. The van der Waals surface area contributed by atoms with E-state index in [0.717, 1.165) is 109 Å². The molecule has 0 atom stereocenters. The molecule has 0 aliphatic rings. The first-order valence-corrected chi connectivity index (χ1v) is 27.1. The van der Waals surface area contributed by atoms with Gasteiger partial charge in [0.25, 0.3) is 0 Å². The predicted molar refractivity (Wildman–Crippen MR) is 337 cm³/mol. The van der Waals surface area contributed by atoms with Gasteiger partial charge in [-0.15, -0.1) is 0 Å². The molecule has 6 nitrogen and oxygen atoms in total. The van der Waals surface area contributed by atoms with Crippen LogP contribution in [-0.2, 0) is 10.8 Å². The monoisotopic (exact) mass is 1040 g/mol. The molecular formula is C74H54N4O2. The first-order chi connectivity index (χ1) is 43.1. The minimum atomic E-state index is -0.490. The second-order valence-corrected chi connectivity index (χ2v) is 23.3. The van der Waals surface area contributed by atoms with Crippen molar-refractivity contribution >= 4 is 154 Å². The van der Waals surface area contributed by atoms with Gasteiger partial charge in [-0.3, -0.25) is 0 Å². The number of hydrogen-bond acceptors (Lipinski definition) is 4. The molecule has 0 fully saturated rings. The summed E-state index contributed by atoms with van der Waals surface area (Å²) >= 11 is 0. The Kier molecular flexibility index (Phi) is 7.23. The number of rotatable bonds is 6. The summed E-state index contributed by atoms with van der Waals surface area (Å²) in [7, 11) is 0. The lowest BCUT2D eigenvalue weighted by molar-refractivity contribution is 0.594. The molecule has 0 radical (unpaired) electrons. The SMILES string of the molecule is [2H]c1c([2H])c([2H])c(N(c2cccc3c2oc2ccccc23)c2ccc3c4cc5c(cc4n4c6c(C(C)(C)C)cccc6c2c34)c2ccc(N(c3c([2H])c([2H])c([2H])c([2H])c3[2H])c3cccc4c3oc3ccccc34)c3c4cccc(C(C)(C)C)c4n5c23)c([2H])c1[2H]. The molecule has 17 rings (SSSR count). The van der Waals surface area contributed by atoms with Crippen LogP contribution in [0.3, 0.4) is 0 Å². The Hall–Kier alpha value is -9.78. The molecule has 6 heteroatoms. The summed E-state index contributed by atoms with van der Waals surface area (Å²) in [6.45, 7) is 13.3. The van der Waals surface area contributed by atoms with Gasteiger partial charge < -0.3 is 27.4 Å². The highest BCUT2D eigenvalue weighted by Gasteiger charge is 2.33. The molecule has 0 N–H and O–H groups in total. The van der Waals surface area contributed by atoms with Crippen LogP contribution in [0.25, 0.3) is 120 Å². The number of hydrogen-bond donors (Lipinski definition) is 0. The number of furan rings is 2. The largest absolute Gasteiger partial charge is 0.454 e. The van der Waals surface area contributed by atoms with E-state index in [9.17, 15) is 5.48 Å². The molecular weight excluding hydrogens is 977 g/mol. The van der Waals surface area contributed by atoms with Crippen LogP contribution in [0.4, 0.5) is 34.1 Å². The van der Waals surface area contributed by atoms with E-state index >= 15 is 0 Å². The maximum absolute atomic E-state index is 9.63. The molecule has 11 aromatic carbocycles. The summed E-state index contributed by atoms with van der Waals surface area (Å²) in [5.74, 6) is 0. The third kappa shape index (κ3) is 6.02. The van der Waals surface area contributed by atoms with Crippen molar-refractivity contribution in [3.05, 3.63) is 229 Å². The van der Waals surface area contributed by atoms with E-state index < -0.39 is 36.3 Å². The predicted octanol–water partition coefficient (Wildman–Crippen LogP) is 21.3. The zero-order valence-corrected chi connectivity index (χ0v) is 44.6. The van der Waals surface area contributed by atoms with Crippen molar-refractivity contribution in [2.24, 2.45) is 0 Å². The maximum Gasteiger partial charge on any atom is 0.159 e. The van der Waals surface area contributed by atoms with Crippen LogP contribution < -0.4 is 9.80 Å². The topological polar surface area (TPSA) is 41.6 Å². The average Bonchev–Trinajstić information content (AvgIpc) is 1.51. The number of para-hydroxylation sites is 8. The Balaban J connectivity index is 1.02. The summed E-state index contributed by atoms with van der Waals surface area (Å²) in [4.78, 5) is 3.63. The highest BCUT2D eigenvalue weighted by molar-refractivity contribution is 6.33.